The van der Waals surface area contributed by atoms with E-state index in [0.29, 0.717) is 19.3 Å². The number of allylic oxidation sites excluding steroid dienone is 10. The number of ether oxygens (including phenoxy) is 3. The molecule has 76 heavy (non-hydrogen) atoms. The summed E-state index contributed by atoms with van der Waals surface area (Å²) < 4.78 is 17.0. The summed E-state index contributed by atoms with van der Waals surface area (Å²) >= 11 is 0. The van der Waals surface area contributed by atoms with Crippen molar-refractivity contribution in [3.63, 3.8) is 0 Å². The summed E-state index contributed by atoms with van der Waals surface area (Å²) in [6.07, 6.45) is 82.2. The van der Waals surface area contributed by atoms with Crippen LogP contribution in [0.5, 0.6) is 0 Å². The summed E-state index contributed by atoms with van der Waals surface area (Å²) in [5.74, 6) is -0.866. The van der Waals surface area contributed by atoms with E-state index in [2.05, 4.69) is 81.5 Å². The first-order chi connectivity index (χ1) is 37.5. The fraction of sp³-hybridized carbons (Fsp3) is 0.814. The number of rotatable bonds is 61. The molecule has 0 radical (unpaired) electrons. The lowest BCUT2D eigenvalue weighted by Gasteiger charge is -2.18. The van der Waals surface area contributed by atoms with Crippen LogP contribution in [0.4, 0.5) is 0 Å². The Labute approximate surface area is 472 Å². The van der Waals surface area contributed by atoms with Crippen LogP contribution in [0, 0.1) is 0 Å². The lowest BCUT2D eigenvalue weighted by molar-refractivity contribution is -0.167. The van der Waals surface area contributed by atoms with Crippen LogP contribution in [0.2, 0.25) is 0 Å². The first-order valence-electron chi connectivity index (χ1n) is 33.3. The topological polar surface area (TPSA) is 78.9 Å². The quantitative estimate of drug-likeness (QED) is 0.0261. The van der Waals surface area contributed by atoms with Gasteiger partial charge >= 0.3 is 17.9 Å². The van der Waals surface area contributed by atoms with E-state index in [1.54, 1.807) is 0 Å². The Hall–Kier alpha value is -2.89. The molecule has 0 fully saturated rings. The van der Waals surface area contributed by atoms with Crippen molar-refractivity contribution in [1.29, 1.82) is 0 Å². The smallest absolute Gasteiger partial charge is 0.306 e. The molecule has 0 rings (SSSR count). The molecule has 0 aromatic heterocycles. The van der Waals surface area contributed by atoms with E-state index in [1.807, 2.05) is 0 Å². The molecule has 0 bridgehead atoms. The highest BCUT2D eigenvalue weighted by molar-refractivity contribution is 5.71. The molecule has 442 valence electrons. The minimum absolute atomic E-state index is 0.0751. The molecule has 0 N–H and O–H groups in total. The van der Waals surface area contributed by atoms with E-state index in [1.165, 1.54) is 225 Å². The van der Waals surface area contributed by atoms with Gasteiger partial charge in [-0.2, -0.15) is 0 Å². The molecule has 0 saturated heterocycles. The Morgan fingerprint density at radius 2 is 0.474 bits per heavy atom. The van der Waals surface area contributed by atoms with E-state index in [0.717, 1.165) is 83.5 Å². The van der Waals surface area contributed by atoms with E-state index < -0.39 is 6.10 Å². The van der Waals surface area contributed by atoms with Crippen molar-refractivity contribution in [2.24, 2.45) is 0 Å². The van der Waals surface area contributed by atoms with Gasteiger partial charge in [-0.15, -0.1) is 0 Å². The highest BCUT2D eigenvalue weighted by Gasteiger charge is 2.19. The van der Waals surface area contributed by atoms with Crippen molar-refractivity contribution in [3.8, 4) is 0 Å². The van der Waals surface area contributed by atoms with Gasteiger partial charge in [0.25, 0.3) is 0 Å². The van der Waals surface area contributed by atoms with Gasteiger partial charge < -0.3 is 14.2 Å². The summed E-state index contributed by atoms with van der Waals surface area (Å²) in [7, 11) is 0. The van der Waals surface area contributed by atoms with Crippen molar-refractivity contribution >= 4 is 17.9 Å². The maximum atomic E-state index is 12.9. The van der Waals surface area contributed by atoms with Crippen LogP contribution in [-0.2, 0) is 28.6 Å². The van der Waals surface area contributed by atoms with Crippen LogP contribution in [0.25, 0.3) is 0 Å². The van der Waals surface area contributed by atoms with E-state index in [9.17, 15) is 14.4 Å². The second-order valence-electron chi connectivity index (χ2n) is 22.4. The fourth-order valence-corrected chi connectivity index (χ4v) is 9.72. The molecule has 1 unspecified atom stereocenters. The number of hydrogen-bond donors (Lipinski definition) is 0. The molecule has 0 spiro atoms. The fourth-order valence-electron chi connectivity index (χ4n) is 9.72. The molecule has 6 nitrogen and oxygen atoms in total. The molecule has 0 aromatic carbocycles. The van der Waals surface area contributed by atoms with E-state index in [4.69, 9.17) is 14.2 Å². The molecule has 0 aliphatic heterocycles. The summed E-state index contributed by atoms with van der Waals surface area (Å²) in [6, 6.07) is 0. The zero-order valence-electron chi connectivity index (χ0n) is 50.8. The number of esters is 3. The Bertz CT molecular complexity index is 1360. The molecular formula is C70H126O6. The van der Waals surface area contributed by atoms with Crippen LogP contribution >= 0.6 is 0 Å². The van der Waals surface area contributed by atoms with Crippen LogP contribution in [-0.4, -0.2) is 37.2 Å². The van der Waals surface area contributed by atoms with E-state index >= 15 is 0 Å². The van der Waals surface area contributed by atoms with Gasteiger partial charge in [0.1, 0.15) is 13.2 Å². The minimum atomic E-state index is -0.780. The van der Waals surface area contributed by atoms with Crippen molar-refractivity contribution in [2.75, 3.05) is 13.2 Å². The molecule has 6 heteroatoms. The third kappa shape index (κ3) is 62.0. The van der Waals surface area contributed by atoms with Gasteiger partial charge in [-0.05, 0) is 89.9 Å². The van der Waals surface area contributed by atoms with E-state index in [-0.39, 0.29) is 31.1 Å². The maximum Gasteiger partial charge on any atom is 0.306 e. The predicted molar refractivity (Wildman–Crippen MR) is 330 cm³/mol. The molecule has 0 aromatic rings. The van der Waals surface area contributed by atoms with Gasteiger partial charge in [-0.25, -0.2) is 0 Å². The first kappa shape index (κ1) is 73.1. The third-order valence-corrected chi connectivity index (χ3v) is 14.7. The van der Waals surface area contributed by atoms with Gasteiger partial charge in [0.15, 0.2) is 6.10 Å². The number of carbonyl (C=O) groups excluding carboxylic acids is 3. The molecule has 1 atom stereocenters. The third-order valence-electron chi connectivity index (χ3n) is 14.7. The van der Waals surface area contributed by atoms with Crippen LogP contribution in [0.1, 0.15) is 348 Å². The Morgan fingerprint density at radius 3 is 0.763 bits per heavy atom. The average molecular weight is 1060 g/mol. The second-order valence-corrected chi connectivity index (χ2v) is 22.4. The normalized spacial score (nSPS) is 12.4. The highest BCUT2D eigenvalue weighted by Crippen LogP contribution is 2.17. The van der Waals surface area contributed by atoms with Crippen molar-refractivity contribution in [1.82, 2.24) is 0 Å². The molecular weight excluding hydrogens is 937 g/mol. The number of unbranched alkanes of at least 4 members (excludes halogenated alkanes) is 40. The van der Waals surface area contributed by atoms with Gasteiger partial charge in [-0.1, -0.05) is 300 Å². The summed E-state index contributed by atoms with van der Waals surface area (Å²) in [5.41, 5.74) is 0. The zero-order chi connectivity index (χ0) is 55.0. The average Bonchev–Trinajstić information content (AvgIpc) is 3.42. The molecule has 0 heterocycles. The lowest BCUT2D eigenvalue weighted by Crippen LogP contribution is -2.30. The highest BCUT2D eigenvalue weighted by atomic mass is 16.6. The van der Waals surface area contributed by atoms with Crippen LogP contribution < -0.4 is 0 Å². The van der Waals surface area contributed by atoms with Crippen molar-refractivity contribution < 1.29 is 28.6 Å². The van der Waals surface area contributed by atoms with Crippen molar-refractivity contribution in [2.45, 2.75) is 354 Å². The first-order valence-corrected chi connectivity index (χ1v) is 33.3. The van der Waals surface area contributed by atoms with Gasteiger partial charge in [-0.3, -0.25) is 14.4 Å². The van der Waals surface area contributed by atoms with Gasteiger partial charge in [0, 0.05) is 19.3 Å². The second kappa shape index (κ2) is 64.6. The molecule has 0 amide bonds. The minimum Gasteiger partial charge on any atom is -0.462 e. The monoisotopic (exact) mass is 1060 g/mol. The summed E-state index contributed by atoms with van der Waals surface area (Å²) in [6.45, 7) is 6.65. The van der Waals surface area contributed by atoms with Crippen molar-refractivity contribution in [3.05, 3.63) is 60.8 Å². The summed E-state index contributed by atoms with van der Waals surface area (Å²) in [5, 5.41) is 0. The maximum absolute atomic E-state index is 12.9. The number of carbonyl (C=O) groups is 3. The largest absolute Gasteiger partial charge is 0.462 e. The molecule has 0 saturated carbocycles. The SMILES string of the molecule is CCCCC/C=C\C/C=C\CCCCCCCCCC(=O)OC(COC(=O)CCCCCCCCCCCC/C=C\C/C=C\C/C=C\CCCCCCC)COC(=O)CCCCCCCCCCCCCCCCCC. The zero-order valence-corrected chi connectivity index (χ0v) is 50.8. The summed E-state index contributed by atoms with van der Waals surface area (Å²) in [4.78, 5) is 38.4. The van der Waals surface area contributed by atoms with Crippen LogP contribution in [0.3, 0.4) is 0 Å². The number of hydrogen-bond acceptors (Lipinski definition) is 6. The standard InChI is InChI=1S/C70H126O6/c1-4-7-10-13-16-19-22-25-28-31-32-33-34-35-36-37-38-40-42-45-48-51-54-57-60-63-69(72)75-66-67(65-74-68(71)62-59-56-53-50-47-44-41-30-27-24-21-18-15-12-9-6-3)76-70(73)64-61-58-55-52-49-46-43-39-29-26-23-20-17-14-11-8-5-2/h17,20,22,25-26,29,31-32,34-35,67H,4-16,18-19,21,23-24,27-28,30,33,36-66H2,1-3H3/b20-17-,25-22-,29-26-,32-31-,35-34-. The molecule has 0 aliphatic rings. The Kier molecular flexibility index (Phi) is 62.2. The Balaban J connectivity index is 4.32. The Morgan fingerprint density at radius 1 is 0.263 bits per heavy atom. The molecule has 0 aliphatic carbocycles. The lowest BCUT2D eigenvalue weighted by atomic mass is 10.0. The predicted octanol–water partition coefficient (Wildman–Crippen LogP) is 22.7. The van der Waals surface area contributed by atoms with Crippen LogP contribution in [0.15, 0.2) is 60.8 Å². The van der Waals surface area contributed by atoms with Gasteiger partial charge in [0.2, 0.25) is 0 Å². The van der Waals surface area contributed by atoms with Gasteiger partial charge in [0.05, 0.1) is 0 Å².